The monoisotopic (exact) mass is 494 g/mol. The molecule has 0 fully saturated rings. The van der Waals surface area contributed by atoms with Crippen LogP contribution < -0.4 is 11.1 Å². The molecule has 0 heterocycles. The molecule has 4 rings (SSSR count). The Bertz CT molecular complexity index is 777. The Morgan fingerprint density at radius 1 is 0.926 bits per heavy atom. The smallest absolute Gasteiger partial charge is 0.163 e. The average molecular weight is 496 g/mol. The molecular formula is C22H28Br2N2O. The second-order valence-corrected chi connectivity index (χ2v) is 8.49. The fourth-order valence-corrected chi connectivity index (χ4v) is 4.41. The number of halogens is 2. The predicted molar refractivity (Wildman–Crippen MR) is 120 cm³/mol. The molecule has 0 aromatic heterocycles. The topological polar surface area (TPSA) is 55.1 Å². The number of carbonyl (C=O) groups excluding carboxylic acids is 1. The van der Waals surface area contributed by atoms with Gasteiger partial charge in [0.25, 0.3) is 0 Å². The van der Waals surface area contributed by atoms with Crippen molar-refractivity contribution in [1.82, 2.24) is 5.32 Å². The minimum atomic E-state index is 0.289. The summed E-state index contributed by atoms with van der Waals surface area (Å²) in [4.78, 5) is 11.4. The number of nitrogens with two attached hydrogens (primary N) is 1. The number of ketones is 1. The number of rotatable bonds is 1. The summed E-state index contributed by atoms with van der Waals surface area (Å²) in [6.07, 6.45) is 6.58. The lowest BCUT2D eigenvalue weighted by molar-refractivity contribution is 0.0972. The van der Waals surface area contributed by atoms with Crippen LogP contribution in [-0.4, -0.2) is 19.9 Å². The Kier molecular flexibility index (Phi) is 9.16. The van der Waals surface area contributed by atoms with Crippen LogP contribution in [-0.2, 0) is 12.8 Å². The van der Waals surface area contributed by atoms with Crippen LogP contribution in [0.1, 0.15) is 58.8 Å². The lowest BCUT2D eigenvalue weighted by Crippen LogP contribution is -2.21. The van der Waals surface area contributed by atoms with Gasteiger partial charge in [-0.25, -0.2) is 0 Å². The van der Waals surface area contributed by atoms with Gasteiger partial charge in [-0.2, -0.15) is 0 Å². The summed E-state index contributed by atoms with van der Waals surface area (Å²) in [6.45, 7) is 0. The Labute approximate surface area is 179 Å². The number of hydrogen-bond acceptors (Lipinski definition) is 3. The van der Waals surface area contributed by atoms with Crippen molar-refractivity contribution in [1.29, 1.82) is 0 Å². The molecule has 5 heteroatoms. The summed E-state index contributed by atoms with van der Waals surface area (Å²) >= 11 is 6.88. The summed E-state index contributed by atoms with van der Waals surface area (Å²) in [5, 5.41) is 3.37. The first-order valence-electron chi connectivity index (χ1n) is 9.43. The van der Waals surface area contributed by atoms with Crippen LogP contribution in [0.15, 0.2) is 45.3 Å². The van der Waals surface area contributed by atoms with Crippen LogP contribution in [0.5, 0.6) is 0 Å². The van der Waals surface area contributed by atoms with Crippen molar-refractivity contribution < 1.29 is 4.79 Å². The molecule has 146 valence electrons. The SMILES string of the molecule is CN.CNC1CCCc2ccc(Br)cc21.O=C1CCCc2ccc(Br)cc21. The largest absolute Gasteiger partial charge is 0.333 e. The zero-order valence-electron chi connectivity index (χ0n) is 16.0. The number of Topliss-reactive ketones (excluding diaryl/α,β-unsaturated/α-hetero) is 1. The molecule has 2 aliphatic carbocycles. The molecule has 0 aliphatic heterocycles. The Morgan fingerprint density at radius 3 is 2.26 bits per heavy atom. The highest BCUT2D eigenvalue weighted by Crippen LogP contribution is 2.31. The third-order valence-electron chi connectivity index (χ3n) is 4.99. The van der Waals surface area contributed by atoms with E-state index in [1.165, 1.54) is 47.5 Å². The first-order valence-corrected chi connectivity index (χ1v) is 11.0. The fraction of sp³-hybridized carbons (Fsp3) is 0.409. The number of carbonyl (C=O) groups is 1. The van der Waals surface area contributed by atoms with E-state index in [1.807, 2.05) is 25.2 Å². The minimum absolute atomic E-state index is 0.289. The molecule has 3 N–H and O–H groups in total. The second-order valence-electron chi connectivity index (χ2n) is 6.65. The molecule has 27 heavy (non-hydrogen) atoms. The van der Waals surface area contributed by atoms with Crippen molar-refractivity contribution in [3.63, 3.8) is 0 Å². The predicted octanol–water partition coefficient (Wildman–Crippen LogP) is 5.59. The summed E-state index contributed by atoms with van der Waals surface area (Å²) in [5.41, 5.74) is 9.60. The highest BCUT2D eigenvalue weighted by Gasteiger charge is 2.18. The van der Waals surface area contributed by atoms with Gasteiger partial charge >= 0.3 is 0 Å². The molecule has 2 aromatic carbocycles. The van der Waals surface area contributed by atoms with E-state index in [9.17, 15) is 4.79 Å². The van der Waals surface area contributed by atoms with Crippen LogP contribution in [0.3, 0.4) is 0 Å². The van der Waals surface area contributed by atoms with Gasteiger partial charge in [0.1, 0.15) is 0 Å². The summed E-state index contributed by atoms with van der Waals surface area (Å²) in [7, 11) is 3.54. The first kappa shape index (κ1) is 22.3. The summed E-state index contributed by atoms with van der Waals surface area (Å²) in [6, 6.07) is 13.1. The van der Waals surface area contributed by atoms with Gasteiger partial charge in [-0.1, -0.05) is 44.0 Å². The highest BCUT2D eigenvalue weighted by molar-refractivity contribution is 9.10. The maximum atomic E-state index is 11.4. The van der Waals surface area contributed by atoms with Gasteiger partial charge in [0, 0.05) is 27.0 Å². The molecule has 1 atom stereocenters. The number of hydrogen-bond donors (Lipinski definition) is 2. The van der Waals surface area contributed by atoms with Crippen LogP contribution >= 0.6 is 31.9 Å². The molecule has 0 amide bonds. The quantitative estimate of drug-likeness (QED) is 0.542. The molecule has 2 aromatic rings. The maximum absolute atomic E-state index is 11.4. The van der Waals surface area contributed by atoms with Crippen molar-refractivity contribution in [2.24, 2.45) is 5.73 Å². The third-order valence-corrected chi connectivity index (χ3v) is 5.98. The molecule has 0 saturated heterocycles. The molecule has 3 nitrogen and oxygen atoms in total. The zero-order valence-corrected chi connectivity index (χ0v) is 19.2. The molecule has 2 aliphatic rings. The van der Waals surface area contributed by atoms with Crippen LogP contribution in [0.2, 0.25) is 0 Å². The molecule has 0 spiro atoms. The maximum Gasteiger partial charge on any atom is 0.163 e. The molecule has 1 unspecified atom stereocenters. The van der Waals surface area contributed by atoms with E-state index >= 15 is 0 Å². The second kappa shape index (κ2) is 11.1. The van der Waals surface area contributed by atoms with Gasteiger partial charge < -0.3 is 11.1 Å². The van der Waals surface area contributed by atoms with E-state index in [1.54, 1.807) is 0 Å². The van der Waals surface area contributed by atoms with E-state index in [-0.39, 0.29) is 5.78 Å². The lowest BCUT2D eigenvalue weighted by atomic mass is 9.88. The standard InChI is InChI=1S/C11H14BrN.C10H9BrO.CH5N/c1-13-11-4-2-3-8-5-6-9(12)7-10(8)11;11-8-5-4-7-2-1-3-10(12)9(7)6-8;1-2/h5-7,11,13H,2-4H2,1H3;4-6H,1-3H2;2H2,1H3. The lowest BCUT2D eigenvalue weighted by Gasteiger charge is -2.25. The van der Waals surface area contributed by atoms with Crippen molar-refractivity contribution in [3.8, 4) is 0 Å². The van der Waals surface area contributed by atoms with Crippen molar-refractivity contribution in [2.45, 2.75) is 44.6 Å². The van der Waals surface area contributed by atoms with Crippen molar-refractivity contribution in [2.75, 3.05) is 14.1 Å². The molecule has 0 saturated carbocycles. The third kappa shape index (κ3) is 5.98. The number of nitrogens with one attached hydrogen (secondary N) is 1. The number of fused-ring (bicyclic) bond motifs is 2. The van der Waals surface area contributed by atoms with Crippen LogP contribution in [0.4, 0.5) is 0 Å². The van der Waals surface area contributed by atoms with Crippen LogP contribution in [0, 0.1) is 0 Å². The van der Waals surface area contributed by atoms with Gasteiger partial charge in [-0.3, -0.25) is 4.79 Å². The van der Waals surface area contributed by atoms with Crippen molar-refractivity contribution >= 4 is 37.6 Å². The summed E-state index contributed by atoms with van der Waals surface area (Å²) in [5.74, 6) is 0.289. The van der Waals surface area contributed by atoms with E-state index in [0.29, 0.717) is 12.5 Å². The van der Waals surface area contributed by atoms with Crippen LogP contribution in [0.25, 0.3) is 0 Å². The fourth-order valence-electron chi connectivity index (χ4n) is 3.67. The van der Waals surface area contributed by atoms with Gasteiger partial charge in [-0.05, 0) is 87.2 Å². The van der Waals surface area contributed by atoms with Gasteiger partial charge in [0.2, 0.25) is 0 Å². The Hall–Kier alpha value is -1.01. The first-order chi connectivity index (χ1) is 13.1. The molecule has 0 radical (unpaired) electrons. The van der Waals surface area contributed by atoms with Gasteiger partial charge in [-0.15, -0.1) is 0 Å². The van der Waals surface area contributed by atoms with E-state index in [0.717, 1.165) is 22.9 Å². The Balaban J connectivity index is 0.000000178. The number of benzene rings is 2. The van der Waals surface area contributed by atoms with E-state index in [4.69, 9.17) is 0 Å². The van der Waals surface area contributed by atoms with E-state index < -0.39 is 0 Å². The normalized spacial score (nSPS) is 17.5. The molecular weight excluding hydrogens is 468 g/mol. The van der Waals surface area contributed by atoms with E-state index in [2.05, 4.69) is 61.1 Å². The number of aryl methyl sites for hydroxylation is 2. The Morgan fingerprint density at radius 2 is 1.56 bits per heavy atom. The minimum Gasteiger partial charge on any atom is -0.333 e. The zero-order chi connectivity index (χ0) is 19.8. The average Bonchev–Trinajstić information content (AvgIpc) is 2.70. The highest BCUT2D eigenvalue weighted by atomic mass is 79.9. The van der Waals surface area contributed by atoms with Crippen molar-refractivity contribution in [3.05, 3.63) is 67.6 Å². The van der Waals surface area contributed by atoms with Gasteiger partial charge in [0.05, 0.1) is 0 Å². The van der Waals surface area contributed by atoms with Gasteiger partial charge in [0.15, 0.2) is 5.78 Å². The summed E-state index contributed by atoms with van der Waals surface area (Å²) < 4.78 is 2.19. The molecule has 0 bridgehead atoms.